The lowest BCUT2D eigenvalue weighted by molar-refractivity contribution is -0.0229. The number of aliphatic hydroxyl groups excluding tert-OH is 3. The molecule has 20 heavy (non-hydrogen) atoms. The molecule has 0 bridgehead atoms. The van der Waals surface area contributed by atoms with Crippen LogP contribution in [-0.2, 0) is 4.74 Å². The molecule has 3 heterocycles. The summed E-state index contributed by atoms with van der Waals surface area (Å²) in [7, 11) is 0. The number of H-pyrrole nitrogens is 1. The molecule has 4 N–H and O–H groups in total. The Morgan fingerprint density at radius 3 is 2.85 bits per heavy atom. The Kier molecular flexibility index (Phi) is 3.53. The molecule has 2 aromatic rings. The zero-order chi connectivity index (χ0) is 14.3. The highest BCUT2D eigenvalue weighted by atomic mass is 32.1. The lowest BCUT2D eigenvalue weighted by Crippen LogP contribution is -2.32. The van der Waals surface area contributed by atoms with Crippen LogP contribution in [0.15, 0.2) is 24.4 Å². The number of aliphatic hydroxyl groups is 3. The van der Waals surface area contributed by atoms with E-state index >= 15 is 0 Å². The Morgan fingerprint density at radius 1 is 1.35 bits per heavy atom. The number of nitrogens with one attached hydrogen (secondary N) is 1. The molecular weight excluding hydrogens is 280 g/mol. The predicted octanol–water partition coefficient (Wildman–Crippen LogP) is 0.446. The number of ether oxygens (including phenoxy) is 1. The highest BCUT2D eigenvalue weighted by molar-refractivity contribution is 7.71. The highest BCUT2D eigenvalue weighted by Gasteiger charge is 2.43. The molecular formula is C13H14N2O4S. The van der Waals surface area contributed by atoms with Gasteiger partial charge in [0.2, 0.25) is 0 Å². The van der Waals surface area contributed by atoms with Gasteiger partial charge in [0, 0.05) is 17.1 Å². The fourth-order valence-electron chi connectivity index (χ4n) is 2.42. The van der Waals surface area contributed by atoms with E-state index in [9.17, 15) is 10.2 Å². The Labute approximate surface area is 119 Å². The van der Waals surface area contributed by atoms with Gasteiger partial charge in [-0.3, -0.25) is 0 Å². The molecule has 1 aliphatic rings. The van der Waals surface area contributed by atoms with Crippen molar-refractivity contribution in [3.8, 4) is 0 Å². The van der Waals surface area contributed by atoms with Crippen LogP contribution in [0.2, 0.25) is 0 Å². The number of hydrogen-bond donors (Lipinski definition) is 4. The van der Waals surface area contributed by atoms with Gasteiger partial charge in [0.15, 0.2) is 0 Å². The van der Waals surface area contributed by atoms with E-state index in [-0.39, 0.29) is 6.61 Å². The molecule has 0 amide bonds. The summed E-state index contributed by atoms with van der Waals surface area (Å²) in [5.74, 6) is 0. The number of rotatable bonds is 2. The van der Waals surface area contributed by atoms with Crippen LogP contribution in [-0.4, -0.2) is 50.2 Å². The fraction of sp³-hybridized carbons (Fsp3) is 0.385. The summed E-state index contributed by atoms with van der Waals surface area (Å²) in [6.45, 7) is -0.361. The summed E-state index contributed by atoms with van der Waals surface area (Å²) in [6.07, 6.45) is -2.19. The molecule has 0 saturated carbocycles. The maximum atomic E-state index is 10.0. The Bertz CT molecular complexity index is 689. The number of fused-ring (bicyclic) bond motifs is 1. The van der Waals surface area contributed by atoms with Crippen molar-refractivity contribution >= 4 is 23.3 Å². The van der Waals surface area contributed by atoms with Crippen molar-refractivity contribution in [2.75, 3.05) is 6.61 Å². The van der Waals surface area contributed by atoms with E-state index in [1.54, 1.807) is 18.3 Å². The van der Waals surface area contributed by atoms with E-state index in [4.69, 9.17) is 22.1 Å². The van der Waals surface area contributed by atoms with Gasteiger partial charge in [0.1, 0.15) is 34.7 Å². The Balaban J connectivity index is 2.06. The van der Waals surface area contributed by atoms with Gasteiger partial charge in [0.25, 0.3) is 0 Å². The average Bonchev–Trinajstić information content (AvgIpc) is 2.74. The molecule has 3 rings (SSSR count). The summed E-state index contributed by atoms with van der Waals surface area (Å²) in [4.78, 5) is 7.13. The number of pyridine rings is 2. The average molecular weight is 294 g/mol. The van der Waals surface area contributed by atoms with Gasteiger partial charge in [-0.15, -0.1) is 0 Å². The van der Waals surface area contributed by atoms with Gasteiger partial charge in [-0.2, -0.15) is 0 Å². The molecule has 0 radical (unpaired) electrons. The van der Waals surface area contributed by atoms with Crippen molar-refractivity contribution in [1.29, 1.82) is 0 Å². The first kappa shape index (κ1) is 13.6. The molecule has 1 saturated heterocycles. The van der Waals surface area contributed by atoms with Crippen LogP contribution in [0, 0.1) is 4.64 Å². The van der Waals surface area contributed by atoms with Crippen molar-refractivity contribution in [2.24, 2.45) is 0 Å². The first-order valence-electron chi connectivity index (χ1n) is 6.22. The summed E-state index contributed by atoms with van der Waals surface area (Å²) in [5, 5.41) is 29.8. The molecule has 0 aliphatic carbocycles. The third-order valence-electron chi connectivity index (χ3n) is 3.49. The van der Waals surface area contributed by atoms with Crippen LogP contribution in [0.1, 0.15) is 11.7 Å². The lowest BCUT2D eigenvalue weighted by atomic mass is 10.0. The summed E-state index contributed by atoms with van der Waals surface area (Å²) < 4.78 is 5.89. The largest absolute Gasteiger partial charge is 0.394 e. The van der Waals surface area contributed by atoms with Crippen LogP contribution in [0.4, 0.5) is 0 Å². The molecule has 6 nitrogen and oxygen atoms in total. The van der Waals surface area contributed by atoms with E-state index in [2.05, 4.69) is 9.97 Å². The molecule has 106 valence electrons. The Hall–Kier alpha value is -1.38. The molecule has 0 spiro atoms. The lowest BCUT2D eigenvalue weighted by Gasteiger charge is -2.15. The van der Waals surface area contributed by atoms with Crippen molar-refractivity contribution in [3.05, 3.63) is 34.6 Å². The van der Waals surface area contributed by atoms with Crippen molar-refractivity contribution in [2.45, 2.75) is 24.4 Å². The molecule has 2 aromatic heterocycles. The fourth-order valence-corrected chi connectivity index (χ4v) is 2.69. The van der Waals surface area contributed by atoms with Crippen LogP contribution in [0.25, 0.3) is 11.0 Å². The first-order chi connectivity index (χ1) is 9.61. The van der Waals surface area contributed by atoms with E-state index in [0.717, 1.165) is 5.39 Å². The molecule has 1 fully saturated rings. The third-order valence-corrected chi connectivity index (χ3v) is 3.83. The van der Waals surface area contributed by atoms with Gasteiger partial charge in [0.05, 0.1) is 6.61 Å². The monoisotopic (exact) mass is 294 g/mol. The van der Waals surface area contributed by atoms with Gasteiger partial charge >= 0.3 is 0 Å². The maximum Gasteiger partial charge on any atom is 0.138 e. The molecule has 7 heteroatoms. The second-order valence-electron chi connectivity index (χ2n) is 4.75. The minimum atomic E-state index is -1.14. The molecule has 0 aromatic carbocycles. The smallest absolute Gasteiger partial charge is 0.138 e. The minimum Gasteiger partial charge on any atom is -0.394 e. The molecule has 4 atom stereocenters. The van der Waals surface area contributed by atoms with E-state index < -0.39 is 24.4 Å². The summed E-state index contributed by atoms with van der Waals surface area (Å²) in [6, 6.07) is 5.43. The van der Waals surface area contributed by atoms with Crippen LogP contribution in [0.5, 0.6) is 0 Å². The Morgan fingerprint density at radius 2 is 2.15 bits per heavy atom. The second-order valence-corrected chi connectivity index (χ2v) is 5.16. The SMILES string of the molecule is OC[C@H]1O[C@@H](c2cc3cccnc3[nH]c2=S)C(O)C1O. The first-order valence-corrected chi connectivity index (χ1v) is 6.63. The van der Waals surface area contributed by atoms with Crippen LogP contribution < -0.4 is 0 Å². The standard InChI is InChI=1S/C13H14N2O4S/c16-5-8-9(17)10(18)11(19-8)7-4-6-2-1-3-14-12(6)15-13(7)20/h1-4,8-11,16-18H,5H2,(H,14,15,20)/t8-,9?,10?,11+/m1/s1. The van der Waals surface area contributed by atoms with Crippen LogP contribution >= 0.6 is 12.2 Å². The zero-order valence-corrected chi connectivity index (χ0v) is 11.2. The van der Waals surface area contributed by atoms with Gasteiger partial charge in [-0.25, -0.2) is 4.98 Å². The van der Waals surface area contributed by atoms with Crippen molar-refractivity contribution in [3.63, 3.8) is 0 Å². The number of nitrogens with zero attached hydrogens (tertiary/aromatic N) is 1. The normalized spacial score (nSPS) is 29.9. The van der Waals surface area contributed by atoms with E-state index in [1.807, 2.05) is 6.07 Å². The molecule has 2 unspecified atom stereocenters. The highest BCUT2D eigenvalue weighted by Crippen LogP contribution is 2.34. The number of aromatic amines is 1. The summed E-state index contributed by atoms with van der Waals surface area (Å²) >= 11 is 5.25. The van der Waals surface area contributed by atoms with Gasteiger partial charge in [-0.1, -0.05) is 12.2 Å². The third kappa shape index (κ3) is 2.13. The van der Waals surface area contributed by atoms with Gasteiger partial charge in [-0.05, 0) is 18.2 Å². The topological polar surface area (TPSA) is 98.6 Å². The maximum absolute atomic E-state index is 10.0. The van der Waals surface area contributed by atoms with Gasteiger partial charge < -0.3 is 25.0 Å². The summed E-state index contributed by atoms with van der Waals surface area (Å²) in [5.41, 5.74) is 1.22. The zero-order valence-electron chi connectivity index (χ0n) is 10.4. The quantitative estimate of drug-likeness (QED) is 0.600. The minimum absolute atomic E-state index is 0.361. The number of hydrogen-bond acceptors (Lipinski definition) is 6. The van der Waals surface area contributed by atoms with Crippen molar-refractivity contribution in [1.82, 2.24) is 9.97 Å². The number of aromatic nitrogens is 2. The van der Waals surface area contributed by atoms with Crippen LogP contribution in [0.3, 0.4) is 0 Å². The second kappa shape index (κ2) is 5.19. The molecule has 1 aliphatic heterocycles. The van der Waals surface area contributed by atoms with E-state index in [1.165, 1.54) is 0 Å². The predicted molar refractivity (Wildman–Crippen MR) is 73.6 cm³/mol. The van der Waals surface area contributed by atoms with Crippen molar-refractivity contribution < 1.29 is 20.1 Å². The van der Waals surface area contributed by atoms with E-state index in [0.29, 0.717) is 15.9 Å².